The molecule has 1 aliphatic rings. The molecule has 0 saturated heterocycles. The summed E-state index contributed by atoms with van der Waals surface area (Å²) in [6.07, 6.45) is 1.78. The lowest BCUT2D eigenvalue weighted by Crippen LogP contribution is -2.40. The number of esters is 1. The highest BCUT2D eigenvalue weighted by atomic mass is 79.9. The van der Waals surface area contributed by atoms with Gasteiger partial charge in [-0.15, -0.1) is 0 Å². The average molecular weight is 680 g/mol. The van der Waals surface area contributed by atoms with Crippen LogP contribution in [0, 0.1) is 0 Å². The van der Waals surface area contributed by atoms with Gasteiger partial charge in [0.2, 0.25) is 0 Å². The van der Waals surface area contributed by atoms with Crippen LogP contribution in [-0.2, 0) is 9.53 Å². The summed E-state index contributed by atoms with van der Waals surface area (Å²) in [5.41, 5.74) is 2.43. The third-order valence-corrected chi connectivity index (χ3v) is 8.64. The van der Waals surface area contributed by atoms with Gasteiger partial charge in [0.25, 0.3) is 5.56 Å². The van der Waals surface area contributed by atoms with Gasteiger partial charge in [-0.05, 0) is 55.3 Å². The first-order chi connectivity index (χ1) is 21.3. The lowest BCUT2D eigenvalue weighted by Gasteiger charge is -2.26. The Kier molecular flexibility index (Phi) is 9.55. The van der Waals surface area contributed by atoms with E-state index >= 15 is 0 Å². The molecule has 0 unspecified atom stereocenters. The van der Waals surface area contributed by atoms with Gasteiger partial charge in [0, 0.05) is 10.0 Å². The van der Waals surface area contributed by atoms with Gasteiger partial charge in [0.1, 0.15) is 0 Å². The molecule has 1 atom stereocenters. The third-order valence-electron chi connectivity index (χ3n) is 6.97. The number of methoxy groups -OCH3 is 3. The van der Waals surface area contributed by atoms with Crippen LogP contribution in [-0.4, -0.2) is 45.1 Å². The molecule has 2 heterocycles. The molecule has 9 nitrogen and oxygen atoms in total. The number of carbonyl (C=O) groups is 1. The van der Waals surface area contributed by atoms with Crippen molar-refractivity contribution in [3.63, 3.8) is 0 Å². The Morgan fingerprint density at radius 3 is 2.30 bits per heavy atom. The molecule has 0 bridgehead atoms. The molecule has 0 amide bonds. The zero-order valence-electron chi connectivity index (χ0n) is 24.9. The second-order valence-corrected chi connectivity index (χ2v) is 11.4. The Balaban J connectivity index is 1.83. The van der Waals surface area contributed by atoms with Crippen LogP contribution in [0.25, 0.3) is 11.8 Å². The maximum absolute atomic E-state index is 14.3. The lowest BCUT2D eigenvalue weighted by atomic mass is 9.93. The fraction of sp³-hybridized carbons (Fsp3) is 0.242. The molecule has 0 aliphatic carbocycles. The van der Waals surface area contributed by atoms with Crippen molar-refractivity contribution in [2.24, 2.45) is 4.99 Å². The van der Waals surface area contributed by atoms with Crippen LogP contribution in [0.5, 0.6) is 23.0 Å². The summed E-state index contributed by atoms with van der Waals surface area (Å²) in [7, 11) is 4.65. The van der Waals surface area contributed by atoms with Crippen LogP contribution in [0.2, 0.25) is 0 Å². The Bertz CT molecular complexity index is 1910. The topological polar surface area (TPSA) is 97.6 Å². The fourth-order valence-electron chi connectivity index (χ4n) is 5.01. The molecule has 1 aliphatic heterocycles. The van der Waals surface area contributed by atoms with E-state index in [0.717, 1.165) is 15.6 Å². The van der Waals surface area contributed by atoms with Gasteiger partial charge in [-0.3, -0.25) is 9.36 Å². The maximum atomic E-state index is 14.3. The van der Waals surface area contributed by atoms with Gasteiger partial charge in [-0.1, -0.05) is 63.7 Å². The zero-order chi connectivity index (χ0) is 31.4. The van der Waals surface area contributed by atoms with Gasteiger partial charge >= 0.3 is 5.97 Å². The van der Waals surface area contributed by atoms with E-state index in [9.17, 15) is 9.59 Å². The van der Waals surface area contributed by atoms with Gasteiger partial charge < -0.3 is 23.7 Å². The zero-order valence-corrected chi connectivity index (χ0v) is 27.3. The molecular formula is C33H31BrN2O7S. The quantitative estimate of drug-likeness (QED) is 0.215. The Morgan fingerprint density at radius 1 is 0.932 bits per heavy atom. The molecule has 0 fully saturated rings. The van der Waals surface area contributed by atoms with E-state index in [0.29, 0.717) is 50.2 Å². The highest BCUT2D eigenvalue weighted by Crippen LogP contribution is 2.39. The molecule has 5 rings (SSSR count). The number of rotatable bonds is 10. The van der Waals surface area contributed by atoms with Crippen LogP contribution in [0.1, 0.15) is 36.6 Å². The number of hydrogen-bond donors (Lipinski definition) is 0. The summed E-state index contributed by atoms with van der Waals surface area (Å²) >= 11 is 4.83. The molecule has 3 aromatic carbocycles. The van der Waals surface area contributed by atoms with Gasteiger partial charge in [-0.25, -0.2) is 9.79 Å². The standard InChI is InChI=1S/C33H31BrN2O7S/c1-6-42-26-16-21(22(34)18-25(26)41-5)17-27-31(37)36-30(20-13-14-23(39-3)24(15-20)40-4)28(32(38)43-7-2)29(35-33(36)44-27)19-11-9-8-10-12-19/h8-18,30H,6-7H2,1-5H3/b27-17+/t30-/m0/s1. The van der Waals surface area contributed by atoms with Crippen molar-refractivity contribution in [3.8, 4) is 23.0 Å². The molecule has 4 aromatic rings. The predicted octanol–water partition coefficient (Wildman–Crippen LogP) is 5.12. The molecule has 1 aromatic heterocycles. The Hall–Kier alpha value is -4.35. The van der Waals surface area contributed by atoms with E-state index in [1.807, 2.05) is 49.4 Å². The molecule has 44 heavy (non-hydrogen) atoms. The van der Waals surface area contributed by atoms with Crippen molar-refractivity contribution in [2.75, 3.05) is 34.5 Å². The average Bonchev–Trinajstić information content (AvgIpc) is 3.35. The van der Waals surface area contributed by atoms with Crippen LogP contribution in [0.15, 0.2) is 80.5 Å². The molecule has 0 spiro atoms. The van der Waals surface area contributed by atoms with E-state index in [2.05, 4.69) is 15.9 Å². The van der Waals surface area contributed by atoms with Crippen molar-refractivity contribution in [1.29, 1.82) is 0 Å². The first kappa shape index (κ1) is 31.1. The second-order valence-electron chi connectivity index (χ2n) is 9.50. The summed E-state index contributed by atoms with van der Waals surface area (Å²) in [6, 6.07) is 17.5. The van der Waals surface area contributed by atoms with Crippen molar-refractivity contribution >= 4 is 45.0 Å². The number of ether oxygens (including phenoxy) is 5. The van der Waals surface area contributed by atoms with E-state index in [1.54, 1.807) is 45.4 Å². The molecule has 0 saturated carbocycles. The molecule has 11 heteroatoms. The summed E-state index contributed by atoms with van der Waals surface area (Å²) in [6.45, 7) is 4.23. The van der Waals surface area contributed by atoms with Crippen LogP contribution in [0.4, 0.5) is 0 Å². The van der Waals surface area contributed by atoms with Crippen LogP contribution in [0.3, 0.4) is 0 Å². The van der Waals surface area contributed by atoms with Crippen LogP contribution >= 0.6 is 27.3 Å². The highest BCUT2D eigenvalue weighted by molar-refractivity contribution is 9.10. The normalized spacial score (nSPS) is 14.5. The van der Waals surface area contributed by atoms with Crippen molar-refractivity contribution in [2.45, 2.75) is 19.9 Å². The number of hydrogen-bond acceptors (Lipinski definition) is 9. The monoisotopic (exact) mass is 678 g/mol. The van der Waals surface area contributed by atoms with Gasteiger partial charge in [-0.2, -0.15) is 0 Å². The van der Waals surface area contributed by atoms with Crippen LogP contribution < -0.4 is 33.8 Å². The summed E-state index contributed by atoms with van der Waals surface area (Å²) in [4.78, 5) is 33.3. The van der Waals surface area contributed by atoms with Crippen molar-refractivity contribution < 1.29 is 28.5 Å². The maximum Gasteiger partial charge on any atom is 0.338 e. The lowest BCUT2D eigenvalue weighted by molar-refractivity contribution is -0.138. The Labute approximate surface area is 266 Å². The summed E-state index contributed by atoms with van der Waals surface area (Å²) in [5.74, 6) is 1.53. The number of nitrogens with zero attached hydrogens (tertiary/aromatic N) is 2. The number of aromatic nitrogens is 1. The predicted molar refractivity (Wildman–Crippen MR) is 172 cm³/mol. The number of fused-ring (bicyclic) bond motifs is 1. The van der Waals surface area contributed by atoms with Crippen molar-refractivity contribution in [3.05, 3.63) is 107 Å². The number of carbonyl (C=O) groups excluding carboxylic acids is 1. The van der Waals surface area contributed by atoms with Gasteiger partial charge in [0.15, 0.2) is 27.8 Å². The third kappa shape index (κ3) is 5.89. The molecule has 0 N–H and O–H groups in total. The van der Waals surface area contributed by atoms with Gasteiger partial charge in [0.05, 0.1) is 56.4 Å². The largest absolute Gasteiger partial charge is 0.493 e. The smallest absolute Gasteiger partial charge is 0.338 e. The first-order valence-corrected chi connectivity index (χ1v) is 15.5. The first-order valence-electron chi connectivity index (χ1n) is 13.9. The number of benzene rings is 3. The van der Waals surface area contributed by atoms with E-state index in [1.165, 1.54) is 23.0 Å². The van der Waals surface area contributed by atoms with E-state index in [-0.39, 0.29) is 17.7 Å². The molecule has 228 valence electrons. The fourth-order valence-corrected chi connectivity index (χ4v) is 6.44. The summed E-state index contributed by atoms with van der Waals surface area (Å²) in [5, 5.41) is 0. The number of halogens is 1. The second kappa shape index (κ2) is 13.5. The Morgan fingerprint density at radius 2 is 1.64 bits per heavy atom. The highest BCUT2D eigenvalue weighted by Gasteiger charge is 2.35. The van der Waals surface area contributed by atoms with E-state index in [4.69, 9.17) is 28.7 Å². The van der Waals surface area contributed by atoms with Crippen molar-refractivity contribution in [1.82, 2.24) is 4.57 Å². The van der Waals surface area contributed by atoms with E-state index < -0.39 is 12.0 Å². The molecular weight excluding hydrogens is 648 g/mol. The molecule has 0 radical (unpaired) electrons. The minimum atomic E-state index is -0.860. The minimum Gasteiger partial charge on any atom is -0.493 e. The minimum absolute atomic E-state index is 0.154. The summed E-state index contributed by atoms with van der Waals surface area (Å²) < 4.78 is 30.5. The number of thiazole rings is 1. The SMILES string of the molecule is CCOC(=O)C1=C(c2ccccc2)N=c2s/c(=C/c3cc(OCC)c(OC)cc3Br)c(=O)n2[C@H]1c1ccc(OC)c(OC)c1.